The van der Waals surface area contributed by atoms with Gasteiger partial charge in [-0.15, -0.1) is 11.8 Å². The second-order valence-electron chi connectivity index (χ2n) is 10.1. The second kappa shape index (κ2) is 11.9. The first-order valence-electron chi connectivity index (χ1n) is 11.3. The molecule has 1 aromatic rings. The van der Waals surface area contributed by atoms with Gasteiger partial charge in [-0.3, -0.25) is 19.8 Å². The zero-order chi connectivity index (χ0) is 26.4. The Balaban J connectivity index is 2.05. The summed E-state index contributed by atoms with van der Waals surface area (Å²) in [6.07, 6.45) is 1.80. The fourth-order valence-electron chi connectivity index (χ4n) is 3.31. The molecule has 1 aromatic carbocycles. The average Bonchev–Trinajstić information content (AvgIpc) is 3.18. The first-order chi connectivity index (χ1) is 16.2. The van der Waals surface area contributed by atoms with E-state index in [0.717, 1.165) is 4.90 Å². The average molecular weight is 523 g/mol. The van der Waals surface area contributed by atoms with E-state index >= 15 is 0 Å². The van der Waals surface area contributed by atoms with Crippen molar-refractivity contribution in [2.45, 2.75) is 64.1 Å². The van der Waals surface area contributed by atoms with Crippen LogP contribution in [0.25, 0.3) is 0 Å². The van der Waals surface area contributed by atoms with Gasteiger partial charge in [-0.1, -0.05) is 20.8 Å². The van der Waals surface area contributed by atoms with Crippen molar-refractivity contribution in [3.8, 4) is 6.19 Å². The van der Waals surface area contributed by atoms with Crippen molar-refractivity contribution < 1.29 is 23.7 Å². The summed E-state index contributed by atoms with van der Waals surface area (Å²) in [4.78, 5) is 37.9. The minimum atomic E-state index is -2.06. The molecule has 0 aliphatic carbocycles. The Labute approximate surface area is 211 Å². The SMILES string of the molecule is CN(C#N)C(=O)CSCC1CC(O[Si](C)(C)C(C)(C)C)CN1C(=O)OCc1ccc([N+](=O)[O-])cc1. The number of carbonyl (C=O) groups is 2. The van der Waals surface area contributed by atoms with Gasteiger partial charge in [-0.05, 0) is 42.2 Å². The molecule has 1 fully saturated rings. The normalized spacial score (nSPS) is 18.1. The standard InChI is InChI=1S/C23H34N4O6SSi/c1-23(2,3)35(5,6)33-20-11-19(14-34-15-21(28)25(4)16-24)26(12-20)22(29)32-13-17-7-9-18(10-8-17)27(30)31/h7-10,19-20H,11-15H2,1-6H3. The molecule has 10 nitrogen and oxygen atoms in total. The Kier molecular flexibility index (Phi) is 9.71. The molecule has 0 saturated carbocycles. The van der Waals surface area contributed by atoms with Crippen LogP contribution in [0.4, 0.5) is 10.5 Å². The number of nitro benzene ring substituents is 1. The summed E-state index contributed by atoms with van der Waals surface area (Å²) in [5.74, 6) is 0.353. The smallest absolute Gasteiger partial charge is 0.410 e. The first-order valence-corrected chi connectivity index (χ1v) is 15.4. The third kappa shape index (κ3) is 7.95. The van der Waals surface area contributed by atoms with Gasteiger partial charge in [0.25, 0.3) is 5.69 Å². The van der Waals surface area contributed by atoms with Crippen molar-refractivity contribution >= 4 is 37.8 Å². The van der Waals surface area contributed by atoms with Gasteiger partial charge in [0.2, 0.25) is 5.91 Å². The summed E-state index contributed by atoms with van der Waals surface area (Å²) in [6, 6.07) is 5.68. The molecule has 1 saturated heterocycles. The molecular formula is C23H34N4O6SSi. The maximum absolute atomic E-state index is 13.0. The number of nitro groups is 1. The largest absolute Gasteiger partial charge is 0.445 e. The van der Waals surface area contributed by atoms with Crippen LogP contribution < -0.4 is 0 Å². The van der Waals surface area contributed by atoms with Gasteiger partial charge >= 0.3 is 6.09 Å². The Hall–Kier alpha value is -2.62. The number of nitriles is 1. The fourth-order valence-corrected chi connectivity index (χ4v) is 5.74. The molecule has 2 atom stereocenters. The molecule has 2 rings (SSSR count). The van der Waals surface area contributed by atoms with Gasteiger partial charge in [-0.2, -0.15) is 5.26 Å². The zero-order valence-corrected chi connectivity index (χ0v) is 23.0. The van der Waals surface area contributed by atoms with Gasteiger partial charge in [-0.25, -0.2) is 4.79 Å². The van der Waals surface area contributed by atoms with Crippen LogP contribution in [-0.2, 0) is 20.6 Å². The number of non-ortho nitro benzene ring substituents is 1. The molecule has 1 aliphatic rings. The number of ether oxygens (including phenoxy) is 1. The van der Waals surface area contributed by atoms with E-state index in [2.05, 4.69) is 33.9 Å². The predicted octanol–water partition coefficient (Wildman–Crippen LogP) is 4.37. The molecule has 0 bridgehead atoms. The van der Waals surface area contributed by atoms with Crippen molar-refractivity contribution in [3.05, 3.63) is 39.9 Å². The minimum absolute atomic E-state index is 0.00754. The van der Waals surface area contributed by atoms with Crippen LogP contribution in [0.2, 0.25) is 18.1 Å². The van der Waals surface area contributed by atoms with Crippen LogP contribution in [0.3, 0.4) is 0 Å². The zero-order valence-electron chi connectivity index (χ0n) is 21.1. The number of thioether (sulfide) groups is 1. The summed E-state index contributed by atoms with van der Waals surface area (Å²) in [7, 11) is -0.636. The molecule has 0 aromatic heterocycles. The van der Waals surface area contributed by atoms with Crippen LogP contribution in [0.5, 0.6) is 0 Å². The molecule has 0 spiro atoms. The topological polar surface area (TPSA) is 126 Å². The summed E-state index contributed by atoms with van der Waals surface area (Å²) < 4.78 is 12.1. The van der Waals surface area contributed by atoms with E-state index in [4.69, 9.17) is 14.4 Å². The molecule has 1 aliphatic heterocycles. The van der Waals surface area contributed by atoms with Gasteiger partial charge < -0.3 is 14.1 Å². The number of nitrogens with zero attached hydrogens (tertiary/aromatic N) is 4. The Morgan fingerprint density at radius 1 is 1.31 bits per heavy atom. The molecule has 0 radical (unpaired) electrons. The third-order valence-corrected chi connectivity index (χ3v) is 12.1. The van der Waals surface area contributed by atoms with E-state index in [1.807, 2.05) is 0 Å². The van der Waals surface area contributed by atoms with E-state index in [0.29, 0.717) is 24.3 Å². The van der Waals surface area contributed by atoms with Gasteiger partial charge in [0.05, 0.1) is 16.8 Å². The highest BCUT2D eigenvalue weighted by molar-refractivity contribution is 8.00. The maximum Gasteiger partial charge on any atom is 0.410 e. The third-order valence-electron chi connectivity index (χ3n) is 6.45. The highest BCUT2D eigenvalue weighted by Crippen LogP contribution is 2.39. The Morgan fingerprint density at radius 2 is 1.94 bits per heavy atom. The summed E-state index contributed by atoms with van der Waals surface area (Å²) in [5, 5.41) is 19.7. The lowest BCUT2D eigenvalue weighted by atomic mass is 10.2. The Morgan fingerprint density at radius 3 is 2.49 bits per heavy atom. The lowest BCUT2D eigenvalue weighted by Crippen LogP contribution is -2.44. The minimum Gasteiger partial charge on any atom is -0.445 e. The fraction of sp³-hybridized carbons (Fsp3) is 0.609. The van der Waals surface area contributed by atoms with Crippen molar-refractivity contribution in [3.63, 3.8) is 0 Å². The summed E-state index contributed by atoms with van der Waals surface area (Å²) in [6.45, 7) is 11.2. The van der Waals surface area contributed by atoms with Crippen molar-refractivity contribution in [2.24, 2.45) is 0 Å². The van der Waals surface area contributed by atoms with Gasteiger partial charge in [0.1, 0.15) is 6.61 Å². The number of amides is 2. The molecule has 1 heterocycles. The second-order valence-corrected chi connectivity index (χ2v) is 15.9. The lowest BCUT2D eigenvalue weighted by Gasteiger charge is -2.38. The molecule has 2 unspecified atom stereocenters. The summed E-state index contributed by atoms with van der Waals surface area (Å²) in [5.41, 5.74) is 0.618. The lowest BCUT2D eigenvalue weighted by molar-refractivity contribution is -0.384. The van der Waals surface area contributed by atoms with Crippen LogP contribution >= 0.6 is 11.8 Å². The van der Waals surface area contributed by atoms with Gasteiger partial charge in [0.15, 0.2) is 14.5 Å². The quantitative estimate of drug-likeness (QED) is 0.154. The highest BCUT2D eigenvalue weighted by atomic mass is 32.2. The van der Waals surface area contributed by atoms with Gasteiger partial charge in [0, 0.05) is 37.5 Å². The predicted molar refractivity (Wildman–Crippen MR) is 136 cm³/mol. The molecule has 2 amide bonds. The van der Waals surface area contributed by atoms with Crippen molar-refractivity contribution in [1.82, 2.24) is 9.80 Å². The number of hydrogen-bond donors (Lipinski definition) is 0. The summed E-state index contributed by atoms with van der Waals surface area (Å²) >= 11 is 1.37. The van der Waals surface area contributed by atoms with Crippen LogP contribution in [-0.4, -0.2) is 72.3 Å². The maximum atomic E-state index is 13.0. The monoisotopic (exact) mass is 522 g/mol. The Bertz CT molecular complexity index is 960. The van der Waals surface area contributed by atoms with Crippen molar-refractivity contribution in [1.29, 1.82) is 5.26 Å². The van der Waals surface area contributed by atoms with Crippen molar-refractivity contribution in [2.75, 3.05) is 25.1 Å². The van der Waals surface area contributed by atoms with Crippen LogP contribution in [0.15, 0.2) is 24.3 Å². The molecule has 12 heteroatoms. The molecule has 192 valence electrons. The number of benzene rings is 1. The van der Waals surface area contributed by atoms with E-state index < -0.39 is 19.3 Å². The first kappa shape index (κ1) is 28.6. The van der Waals surface area contributed by atoms with E-state index in [1.54, 1.807) is 23.2 Å². The number of rotatable bonds is 9. The molecular weight excluding hydrogens is 488 g/mol. The number of hydrogen-bond acceptors (Lipinski definition) is 8. The highest BCUT2D eigenvalue weighted by Gasteiger charge is 2.44. The van der Waals surface area contributed by atoms with Crippen LogP contribution in [0.1, 0.15) is 32.8 Å². The number of likely N-dealkylation sites (tertiary alicyclic amines) is 1. The van der Waals surface area contributed by atoms with E-state index in [1.165, 1.54) is 30.9 Å². The number of carbonyl (C=O) groups excluding carboxylic acids is 2. The van der Waals surface area contributed by atoms with E-state index in [9.17, 15) is 19.7 Å². The van der Waals surface area contributed by atoms with Crippen LogP contribution in [0, 0.1) is 21.6 Å². The molecule has 35 heavy (non-hydrogen) atoms. The molecule has 0 N–H and O–H groups in total. The van der Waals surface area contributed by atoms with E-state index in [-0.39, 0.29) is 41.1 Å².